The standard InChI is InChI=1S/C16H16N4O/c1-21-14-6-2-5-13(11-14)12-18-15-7-3-8-17-16(15)20-10-4-9-19-20/h2-11,18H,12H2,1H3. The second-order valence-corrected chi connectivity index (χ2v) is 4.53. The maximum atomic E-state index is 5.24. The molecule has 0 saturated carbocycles. The predicted octanol–water partition coefficient (Wildman–Crippen LogP) is 2.89. The van der Waals surface area contributed by atoms with Gasteiger partial charge in [-0.1, -0.05) is 12.1 Å². The number of ether oxygens (including phenoxy) is 1. The predicted molar refractivity (Wildman–Crippen MR) is 81.7 cm³/mol. The van der Waals surface area contributed by atoms with E-state index in [0.29, 0.717) is 6.54 Å². The molecule has 106 valence electrons. The van der Waals surface area contributed by atoms with Crippen LogP contribution in [0.25, 0.3) is 5.82 Å². The SMILES string of the molecule is COc1cccc(CNc2cccnc2-n2cccn2)c1. The van der Waals surface area contributed by atoms with Crippen LogP contribution in [-0.2, 0) is 6.54 Å². The van der Waals surface area contributed by atoms with Gasteiger partial charge >= 0.3 is 0 Å². The molecule has 2 heterocycles. The fourth-order valence-electron chi connectivity index (χ4n) is 2.09. The summed E-state index contributed by atoms with van der Waals surface area (Å²) in [5, 5.41) is 7.61. The topological polar surface area (TPSA) is 52.0 Å². The van der Waals surface area contributed by atoms with E-state index < -0.39 is 0 Å². The van der Waals surface area contributed by atoms with Crippen molar-refractivity contribution in [1.29, 1.82) is 0 Å². The van der Waals surface area contributed by atoms with Crippen molar-refractivity contribution < 1.29 is 4.74 Å². The Bertz CT molecular complexity index is 710. The van der Waals surface area contributed by atoms with Crippen molar-refractivity contribution in [2.24, 2.45) is 0 Å². The number of methoxy groups -OCH3 is 1. The van der Waals surface area contributed by atoms with Crippen LogP contribution in [0.5, 0.6) is 5.75 Å². The van der Waals surface area contributed by atoms with Crippen molar-refractivity contribution in [3.63, 3.8) is 0 Å². The fourth-order valence-corrected chi connectivity index (χ4v) is 2.09. The van der Waals surface area contributed by atoms with Gasteiger partial charge in [-0.3, -0.25) is 0 Å². The number of hydrogen-bond acceptors (Lipinski definition) is 4. The van der Waals surface area contributed by atoms with Gasteiger partial charge in [0, 0.05) is 25.1 Å². The molecule has 3 aromatic rings. The highest BCUT2D eigenvalue weighted by Gasteiger charge is 2.05. The smallest absolute Gasteiger partial charge is 0.176 e. The number of anilines is 1. The molecule has 21 heavy (non-hydrogen) atoms. The van der Waals surface area contributed by atoms with Crippen molar-refractivity contribution in [1.82, 2.24) is 14.8 Å². The third kappa shape index (κ3) is 3.02. The molecule has 0 saturated heterocycles. The van der Waals surface area contributed by atoms with E-state index in [1.54, 1.807) is 24.2 Å². The Kier molecular flexibility index (Phi) is 3.82. The molecule has 0 unspecified atom stereocenters. The Morgan fingerprint density at radius 2 is 2.10 bits per heavy atom. The van der Waals surface area contributed by atoms with Crippen LogP contribution >= 0.6 is 0 Å². The number of hydrogen-bond donors (Lipinski definition) is 1. The van der Waals surface area contributed by atoms with E-state index in [9.17, 15) is 0 Å². The van der Waals surface area contributed by atoms with E-state index >= 15 is 0 Å². The van der Waals surface area contributed by atoms with E-state index in [4.69, 9.17) is 4.74 Å². The highest BCUT2D eigenvalue weighted by molar-refractivity contribution is 5.56. The van der Waals surface area contributed by atoms with Gasteiger partial charge in [-0.25, -0.2) is 9.67 Å². The van der Waals surface area contributed by atoms with E-state index in [1.807, 2.05) is 42.6 Å². The van der Waals surface area contributed by atoms with Gasteiger partial charge in [-0.05, 0) is 35.9 Å². The molecule has 0 aliphatic rings. The Hall–Kier alpha value is -2.82. The second-order valence-electron chi connectivity index (χ2n) is 4.53. The number of nitrogens with one attached hydrogen (secondary N) is 1. The van der Waals surface area contributed by atoms with E-state index in [0.717, 1.165) is 22.8 Å². The minimum Gasteiger partial charge on any atom is -0.497 e. The summed E-state index contributed by atoms with van der Waals surface area (Å²) in [6, 6.07) is 13.7. The first-order chi connectivity index (χ1) is 10.4. The van der Waals surface area contributed by atoms with Gasteiger partial charge in [0.15, 0.2) is 5.82 Å². The molecule has 3 rings (SSSR count). The first-order valence-electron chi connectivity index (χ1n) is 6.68. The maximum Gasteiger partial charge on any atom is 0.176 e. The van der Waals surface area contributed by atoms with Crippen LogP contribution in [0.1, 0.15) is 5.56 Å². The Balaban J connectivity index is 1.79. The van der Waals surface area contributed by atoms with Crippen LogP contribution < -0.4 is 10.1 Å². The van der Waals surface area contributed by atoms with E-state index in [2.05, 4.69) is 21.5 Å². The molecule has 0 amide bonds. The number of benzene rings is 1. The molecule has 0 atom stereocenters. The molecule has 0 bridgehead atoms. The molecule has 5 heteroatoms. The summed E-state index contributed by atoms with van der Waals surface area (Å²) in [5.74, 6) is 1.64. The monoisotopic (exact) mass is 280 g/mol. The summed E-state index contributed by atoms with van der Waals surface area (Å²) >= 11 is 0. The average molecular weight is 280 g/mol. The van der Waals surface area contributed by atoms with Gasteiger partial charge < -0.3 is 10.1 Å². The van der Waals surface area contributed by atoms with Gasteiger partial charge in [0.05, 0.1) is 12.8 Å². The molecule has 1 N–H and O–H groups in total. The number of nitrogens with zero attached hydrogens (tertiary/aromatic N) is 3. The molecule has 0 aliphatic carbocycles. The quantitative estimate of drug-likeness (QED) is 0.780. The fraction of sp³-hybridized carbons (Fsp3) is 0.125. The third-order valence-electron chi connectivity index (χ3n) is 3.13. The van der Waals surface area contributed by atoms with Crippen LogP contribution in [-0.4, -0.2) is 21.9 Å². The highest BCUT2D eigenvalue weighted by atomic mass is 16.5. The third-order valence-corrected chi connectivity index (χ3v) is 3.13. The zero-order valence-electron chi connectivity index (χ0n) is 11.7. The Labute approximate surface area is 123 Å². The number of rotatable bonds is 5. The molecular formula is C16H16N4O. The van der Waals surface area contributed by atoms with Crippen LogP contribution in [0.15, 0.2) is 61.1 Å². The Morgan fingerprint density at radius 1 is 1.14 bits per heavy atom. The summed E-state index contributed by atoms with van der Waals surface area (Å²) in [4.78, 5) is 4.38. The lowest BCUT2D eigenvalue weighted by Gasteiger charge is -2.11. The molecule has 0 fully saturated rings. The van der Waals surface area contributed by atoms with Gasteiger partial charge in [-0.15, -0.1) is 0 Å². The summed E-state index contributed by atoms with van der Waals surface area (Å²) in [6.07, 6.45) is 5.37. The van der Waals surface area contributed by atoms with Crippen molar-refractivity contribution in [3.05, 3.63) is 66.6 Å². The first-order valence-corrected chi connectivity index (χ1v) is 6.68. The van der Waals surface area contributed by atoms with Crippen LogP contribution in [0.2, 0.25) is 0 Å². The maximum absolute atomic E-state index is 5.24. The lowest BCUT2D eigenvalue weighted by molar-refractivity contribution is 0.414. The highest BCUT2D eigenvalue weighted by Crippen LogP contribution is 2.18. The molecule has 5 nitrogen and oxygen atoms in total. The van der Waals surface area contributed by atoms with Gasteiger partial charge in [0.25, 0.3) is 0 Å². The van der Waals surface area contributed by atoms with Crippen LogP contribution in [0.3, 0.4) is 0 Å². The molecule has 2 aromatic heterocycles. The summed E-state index contributed by atoms with van der Waals surface area (Å²) in [7, 11) is 1.67. The normalized spacial score (nSPS) is 10.3. The minimum atomic E-state index is 0.692. The van der Waals surface area contributed by atoms with Gasteiger partial charge in [-0.2, -0.15) is 5.10 Å². The van der Waals surface area contributed by atoms with Crippen LogP contribution in [0.4, 0.5) is 5.69 Å². The molecule has 0 radical (unpaired) electrons. The van der Waals surface area contributed by atoms with Crippen LogP contribution in [0, 0.1) is 0 Å². The zero-order valence-corrected chi connectivity index (χ0v) is 11.7. The van der Waals surface area contributed by atoms with Crippen molar-refractivity contribution in [3.8, 4) is 11.6 Å². The molecular weight excluding hydrogens is 264 g/mol. The lowest BCUT2D eigenvalue weighted by atomic mass is 10.2. The second kappa shape index (κ2) is 6.09. The zero-order chi connectivity index (χ0) is 14.5. The van der Waals surface area contributed by atoms with Crippen molar-refractivity contribution in [2.75, 3.05) is 12.4 Å². The molecule has 0 aliphatic heterocycles. The van der Waals surface area contributed by atoms with Gasteiger partial charge in [0.2, 0.25) is 0 Å². The number of pyridine rings is 1. The van der Waals surface area contributed by atoms with E-state index in [-0.39, 0.29) is 0 Å². The molecule has 0 spiro atoms. The van der Waals surface area contributed by atoms with Gasteiger partial charge in [0.1, 0.15) is 5.75 Å². The number of aromatic nitrogens is 3. The first kappa shape index (κ1) is 13.2. The summed E-state index contributed by atoms with van der Waals surface area (Å²) < 4.78 is 6.98. The molecule has 1 aromatic carbocycles. The summed E-state index contributed by atoms with van der Waals surface area (Å²) in [6.45, 7) is 0.692. The Morgan fingerprint density at radius 3 is 2.90 bits per heavy atom. The summed E-state index contributed by atoms with van der Waals surface area (Å²) in [5.41, 5.74) is 2.08. The average Bonchev–Trinajstić information content (AvgIpc) is 3.08. The van der Waals surface area contributed by atoms with E-state index in [1.165, 1.54) is 0 Å². The van der Waals surface area contributed by atoms with Crippen molar-refractivity contribution >= 4 is 5.69 Å². The minimum absolute atomic E-state index is 0.692. The largest absolute Gasteiger partial charge is 0.497 e. The van der Waals surface area contributed by atoms with Crippen molar-refractivity contribution in [2.45, 2.75) is 6.54 Å². The lowest BCUT2D eigenvalue weighted by Crippen LogP contribution is -2.06.